The number of nitrogens with zero attached hydrogens (tertiary/aromatic N) is 3. The van der Waals surface area contributed by atoms with E-state index in [1.54, 1.807) is 24.4 Å². The van der Waals surface area contributed by atoms with Gasteiger partial charge in [-0.2, -0.15) is 4.98 Å². The number of rotatable bonds is 4. The van der Waals surface area contributed by atoms with Crippen LogP contribution in [0.3, 0.4) is 0 Å². The Labute approximate surface area is 141 Å². The molecule has 2 aromatic heterocycles. The predicted molar refractivity (Wildman–Crippen MR) is 97.2 cm³/mol. The molecule has 0 aliphatic rings. The van der Waals surface area contributed by atoms with Crippen LogP contribution in [0.15, 0.2) is 48.7 Å². The van der Waals surface area contributed by atoms with Crippen LogP contribution in [0.5, 0.6) is 0 Å². The number of hydrogen-bond donors (Lipinski definition) is 2. The number of carbonyl (C=O) groups excluding carboxylic acids is 1. The molecule has 0 spiro atoms. The highest BCUT2D eigenvalue weighted by Crippen LogP contribution is 2.21. The average molecular weight is 323 g/mol. The Bertz CT molecular complexity index is 805. The lowest BCUT2D eigenvalue weighted by Crippen LogP contribution is -2.16. The molecule has 0 unspecified atom stereocenters. The minimum atomic E-state index is -0.335. The Balaban J connectivity index is 0.00000100. The highest BCUT2D eigenvalue weighted by atomic mass is 16.2. The molecule has 3 aromatic rings. The third-order valence-corrected chi connectivity index (χ3v) is 3.07. The van der Waals surface area contributed by atoms with Gasteiger partial charge in [0.2, 0.25) is 5.95 Å². The summed E-state index contributed by atoms with van der Waals surface area (Å²) >= 11 is 0. The van der Waals surface area contributed by atoms with Crippen LogP contribution in [-0.4, -0.2) is 27.4 Å². The minimum Gasteiger partial charge on any atom is -0.370 e. The van der Waals surface area contributed by atoms with Gasteiger partial charge in [0.15, 0.2) is 0 Å². The largest absolute Gasteiger partial charge is 0.370 e. The summed E-state index contributed by atoms with van der Waals surface area (Å²) in [5, 5.41) is 6.79. The van der Waals surface area contributed by atoms with Crippen molar-refractivity contribution in [1.29, 1.82) is 0 Å². The van der Waals surface area contributed by atoms with E-state index in [4.69, 9.17) is 0 Å². The van der Waals surface area contributed by atoms with Gasteiger partial charge in [0.05, 0.1) is 5.52 Å². The summed E-state index contributed by atoms with van der Waals surface area (Å²) in [6, 6.07) is 12.8. The van der Waals surface area contributed by atoms with Crippen molar-refractivity contribution in [2.75, 3.05) is 17.2 Å². The summed E-state index contributed by atoms with van der Waals surface area (Å²) in [5.41, 5.74) is 1.09. The maximum Gasteiger partial charge on any atom is 0.276 e. The SMILES string of the molecule is CC.CCNc1nc(NC(=O)c2ccccn2)nc2ccccc12. The number of fused-ring (bicyclic) bond motifs is 1. The first-order valence-corrected chi connectivity index (χ1v) is 8.01. The van der Waals surface area contributed by atoms with Crippen molar-refractivity contribution in [2.45, 2.75) is 20.8 Å². The molecule has 2 heterocycles. The molecule has 0 saturated carbocycles. The van der Waals surface area contributed by atoms with Crippen LogP contribution in [0.25, 0.3) is 10.9 Å². The third-order valence-electron chi connectivity index (χ3n) is 3.07. The Morgan fingerprint density at radius 2 is 1.79 bits per heavy atom. The Morgan fingerprint density at radius 3 is 2.50 bits per heavy atom. The van der Waals surface area contributed by atoms with Gasteiger partial charge in [-0.05, 0) is 31.2 Å². The first-order chi connectivity index (χ1) is 11.8. The topological polar surface area (TPSA) is 79.8 Å². The third kappa shape index (κ3) is 4.04. The van der Waals surface area contributed by atoms with E-state index >= 15 is 0 Å². The number of pyridine rings is 1. The molecule has 3 rings (SSSR count). The fourth-order valence-electron chi connectivity index (χ4n) is 2.10. The van der Waals surface area contributed by atoms with Crippen molar-refractivity contribution < 1.29 is 4.79 Å². The fraction of sp³-hybridized carbons (Fsp3) is 0.222. The van der Waals surface area contributed by atoms with Crippen LogP contribution >= 0.6 is 0 Å². The molecule has 124 valence electrons. The van der Waals surface area contributed by atoms with Gasteiger partial charge in [-0.25, -0.2) is 4.98 Å². The predicted octanol–water partition coefficient (Wildman–Crippen LogP) is 3.74. The van der Waals surface area contributed by atoms with Crippen LogP contribution < -0.4 is 10.6 Å². The van der Waals surface area contributed by atoms with Crippen molar-refractivity contribution in [3.8, 4) is 0 Å². The lowest BCUT2D eigenvalue weighted by Gasteiger charge is -2.09. The average Bonchev–Trinajstić information content (AvgIpc) is 2.64. The first kappa shape index (κ1) is 17.3. The van der Waals surface area contributed by atoms with Gasteiger partial charge >= 0.3 is 0 Å². The molecule has 6 nitrogen and oxygen atoms in total. The van der Waals surface area contributed by atoms with Gasteiger partial charge in [0, 0.05) is 18.1 Å². The standard InChI is InChI=1S/C16H15N5O.C2H6/c1-2-17-14-11-7-3-4-8-12(11)19-16(20-14)21-15(22)13-9-5-6-10-18-13;1-2/h3-10H,2H2,1H3,(H2,17,19,20,21,22);1-2H3. The molecule has 0 radical (unpaired) electrons. The highest BCUT2D eigenvalue weighted by molar-refractivity contribution is 6.02. The Hall–Kier alpha value is -3.02. The molecule has 0 fully saturated rings. The zero-order valence-electron chi connectivity index (χ0n) is 14.1. The van der Waals surface area contributed by atoms with Crippen molar-refractivity contribution in [1.82, 2.24) is 15.0 Å². The van der Waals surface area contributed by atoms with Crippen molar-refractivity contribution >= 4 is 28.6 Å². The van der Waals surface area contributed by atoms with E-state index in [-0.39, 0.29) is 11.9 Å². The number of anilines is 2. The number of para-hydroxylation sites is 1. The molecule has 0 aliphatic heterocycles. The first-order valence-electron chi connectivity index (χ1n) is 8.01. The molecule has 2 N–H and O–H groups in total. The normalized spacial score (nSPS) is 9.79. The van der Waals surface area contributed by atoms with Crippen LogP contribution in [0, 0.1) is 0 Å². The van der Waals surface area contributed by atoms with E-state index in [9.17, 15) is 4.79 Å². The van der Waals surface area contributed by atoms with E-state index in [0.29, 0.717) is 11.5 Å². The van der Waals surface area contributed by atoms with Gasteiger partial charge in [-0.3, -0.25) is 15.1 Å². The lowest BCUT2D eigenvalue weighted by atomic mass is 10.2. The number of benzene rings is 1. The molecule has 24 heavy (non-hydrogen) atoms. The highest BCUT2D eigenvalue weighted by Gasteiger charge is 2.11. The number of aromatic nitrogens is 3. The van der Waals surface area contributed by atoms with Crippen LogP contribution in [0.4, 0.5) is 11.8 Å². The monoisotopic (exact) mass is 323 g/mol. The molecule has 1 amide bonds. The molecule has 0 atom stereocenters. The van der Waals surface area contributed by atoms with E-state index in [1.165, 1.54) is 0 Å². The fourth-order valence-corrected chi connectivity index (χ4v) is 2.10. The van der Waals surface area contributed by atoms with Crippen molar-refractivity contribution in [2.24, 2.45) is 0 Å². The molecular formula is C18H21N5O. The number of carbonyl (C=O) groups is 1. The van der Waals surface area contributed by atoms with E-state index < -0.39 is 0 Å². The maximum absolute atomic E-state index is 12.1. The lowest BCUT2D eigenvalue weighted by molar-refractivity contribution is 0.102. The summed E-state index contributed by atoms with van der Waals surface area (Å²) in [5.74, 6) is 0.619. The van der Waals surface area contributed by atoms with Crippen LogP contribution in [-0.2, 0) is 0 Å². The summed E-state index contributed by atoms with van der Waals surface area (Å²) < 4.78 is 0. The van der Waals surface area contributed by atoms with Gasteiger partial charge in [0.25, 0.3) is 5.91 Å². The summed E-state index contributed by atoms with van der Waals surface area (Å²) in [6.07, 6.45) is 1.57. The van der Waals surface area contributed by atoms with E-state index in [2.05, 4.69) is 25.6 Å². The summed E-state index contributed by atoms with van der Waals surface area (Å²) in [7, 11) is 0. The second kappa shape index (κ2) is 8.57. The smallest absolute Gasteiger partial charge is 0.276 e. The van der Waals surface area contributed by atoms with Crippen LogP contribution in [0.1, 0.15) is 31.3 Å². The molecule has 0 aliphatic carbocycles. The number of amides is 1. The van der Waals surface area contributed by atoms with Crippen molar-refractivity contribution in [3.63, 3.8) is 0 Å². The van der Waals surface area contributed by atoms with Gasteiger partial charge in [0.1, 0.15) is 11.5 Å². The molecule has 0 saturated heterocycles. The Kier molecular flexibility index (Phi) is 6.19. The van der Waals surface area contributed by atoms with E-state index in [1.807, 2.05) is 45.0 Å². The van der Waals surface area contributed by atoms with Gasteiger partial charge in [-0.15, -0.1) is 0 Å². The van der Waals surface area contributed by atoms with Crippen LogP contribution in [0.2, 0.25) is 0 Å². The second-order valence-corrected chi connectivity index (χ2v) is 4.61. The van der Waals surface area contributed by atoms with Gasteiger partial charge < -0.3 is 5.32 Å². The zero-order valence-corrected chi connectivity index (χ0v) is 14.1. The number of hydrogen-bond acceptors (Lipinski definition) is 5. The molecule has 1 aromatic carbocycles. The van der Waals surface area contributed by atoms with Crippen molar-refractivity contribution in [3.05, 3.63) is 54.4 Å². The maximum atomic E-state index is 12.1. The number of nitrogens with one attached hydrogen (secondary N) is 2. The molecular weight excluding hydrogens is 302 g/mol. The zero-order chi connectivity index (χ0) is 17.4. The molecule has 6 heteroatoms. The van der Waals surface area contributed by atoms with E-state index in [0.717, 1.165) is 17.4 Å². The van der Waals surface area contributed by atoms with Gasteiger partial charge in [-0.1, -0.05) is 32.0 Å². The molecule has 0 bridgehead atoms. The minimum absolute atomic E-state index is 0.255. The summed E-state index contributed by atoms with van der Waals surface area (Å²) in [4.78, 5) is 24.9. The second-order valence-electron chi connectivity index (χ2n) is 4.61. The summed E-state index contributed by atoms with van der Waals surface area (Å²) in [6.45, 7) is 6.72. The Morgan fingerprint density at radius 1 is 1.04 bits per heavy atom. The quantitative estimate of drug-likeness (QED) is 0.764.